The summed E-state index contributed by atoms with van der Waals surface area (Å²) in [5, 5.41) is 6.44. The van der Waals surface area contributed by atoms with Gasteiger partial charge in [0.1, 0.15) is 5.75 Å². The van der Waals surface area contributed by atoms with Crippen molar-refractivity contribution in [3.05, 3.63) is 28.7 Å². The van der Waals surface area contributed by atoms with Gasteiger partial charge in [0.15, 0.2) is 6.10 Å². The lowest BCUT2D eigenvalue weighted by molar-refractivity contribution is -0.128. The number of ether oxygens (including phenoxy) is 1. The normalized spacial score (nSPS) is 23.9. The van der Waals surface area contributed by atoms with Crippen molar-refractivity contribution in [2.75, 3.05) is 6.54 Å². The van der Waals surface area contributed by atoms with Gasteiger partial charge in [-0.15, -0.1) is 0 Å². The van der Waals surface area contributed by atoms with Crippen LogP contribution >= 0.6 is 15.9 Å². The van der Waals surface area contributed by atoms with Crippen molar-refractivity contribution < 1.29 is 9.53 Å². The van der Waals surface area contributed by atoms with Crippen LogP contribution in [0.25, 0.3) is 0 Å². The first-order valence-electron chi connectivity index (χ1n) is 7.03. The van der Waals surface area contributed by atoms with Gasteiger partial charge in [-0.25, -0.2) is 0 Å². The number of hydrogen-bond acceptors (Lipinski definition) is 3. The first-order valence-corrected chi connectivity index (χ1v) is 7.82. The predicted octanol–water partition coefficient (Wildman–Crippen LogP) is 2.47. The van der Waals surface area contributed by atoms with Crippen LogP contribution in [0.2, 0.25) is 0 Å². The molecule has 0 aromatic heterocycles. The molecule has 0 radical (unpaired) electrons. The van der Waals surface area contributed by atoms with Gasteiger partial charge >= 0.3 is 0 Å². The van der Waals surface area contributed by atoms with Gasteiger partial charge in [0, 0.05) is 12.1 Å². The molecule has 3 atom stereocenters. The fourth-order valence-electron chi connectivity index (χ4n) is 2.33. The Morgan fingerprint density at radius 1 is 1.50 bits per heavy atom. The Morgan fingerprint density at radius 2 is 2.25 bits per heavy atom. The summed E-state index contributed by atoms with van der Waals surface area (Å²) in [5.41, 5.74) is 0. The number of para-hydroxylation sites is 1. The van der Waals surface area contributed by atoms with E-state index in [-0.39, 0.29) is 11.9 Å². The molecule has 1 aromatic rings. The maximum Gasteiger partial charge on any atom is 0.261 e. The first-order chi connectivity index (χ1) is 9.58. The Hall–Kier alpha value is -1.07. The van der Waals surface area contributed by atoms with E-state index in [9.17, 15) is 4.79 Å². The molecule has 2 N–H and O–H groups in total. The average Bonchev–Trinajstić information content (AvgIpc) is 2.43. The second-order valence-corrected chi connectivity index (χ2v) is 6.04. The summed E-state index contributed by atoms with van der Waals surface area (Å²) in [4.78, 5) is 12.2. The minimum Gasteiger partial charge on any atom is -0.480 e. The number of halogens is 1. The van der Waals surface area contributed by atoms with Crippen LogP contribution < -0.4 is 15.4 Å². The van der Waals surface area contributed by atoms with E-state index < -0.39 is 6.10 Å². The molecule has 1 amide bonds. The topological polar surface area (TPSA) is 50.4 Å². The number of benzene rings is 1. The molecular weight excluding hydrogens is 320 g/mol. The smallest absolute Gasteiger partial charge is 0.261 e. The lowest BCUT2D eigenvalue weighted by Crippen LogP contribution is -2.54. The third kappa shape index (κ3) is 3.96. The van der Waals surface area contributed by atoms with Crippen molar-refractivity contribution >= 4 is 21.8 Å². The van der Waals surface area contributed by atoms with Crippen molar-refractivity contribution in [3.8, 4) is 5.75 Å². The van der Waals surface area contributed by atoms with Crippen molar-refractivity contribution in [3.63, 3.8) is 0 Å². The van der Waals surface area contributed by atoms with Gasteiger partial charge < -0.3 is 15.4 Å². The predicted molar refractivity (Wildman–Crippen MR) is 82.9 cm³/mol. The molecule has 0 spiro atoms. The van der Waals surface area contributed by atoms with Gasteiger partial charge in [-0.3, -0.25) is 4.79 Å². The number of rotatable bonds is 4. The van der Waals surface area contributed by atoms with Crippen LogP contribution in [-0.2, 0) is 4.79 Å². The molecule has 0 aliphatic carbocycles. The van der Waals surface area contributed by atoms with E-state index >= 15 is 0 Å². The van der Waals surface area contributed by atoms with Crippen LogP contribution in [0.3, 0.4) is 0 Å². The molecule has 1 aliphatic heterocycles. The number of nitrogens with one attached hydrogen (secondary N) is 2. The van der Waals surface area contributed by atoms with Crippen LogP contribution in [-0.4, -0.2) is 30.6 Å². The lowest BCUT2D eigenvalue weighted by atomic mass is 10.00. The summed E-state index contributed by atoms with van der Waals surface area (Å²) in [5.74, 6) is 0.617. The highest BCUT2D eigenvalue weighted by Gasteiger charge is 2.25. The minimum atomic E-state index is -0.511. The number of amides is 1. The van der Waals surface area contributed by atoms with Crippen LogP contribution in [0.5, 0.6) is 5.75 Å². The second-order valence-electron chi connectivity index (χ2n) is 5.19. The molecule has 1 aromatic carbocycles. The standard InChI is InChI=1S/C15H21BrN2O2/c1-10-13(7-5-9-17-10)18-15(19)11(2)20-14-8-4-3-6-12(14)16/h3-4,6,8,10-11,13,17H,5,7,9H2,1-2H3,(H,18,19). The van der Waals surface area contributed by atoms with E-state index in [1.807, 2.05) is 24.3 Å². The molecule has 1 heterocycles. The summed E-state index contributed by atoms with van der Waals surface area (Å²) in [6, 6.07) is 8.03. The highest BCUT2D eigenvalue weighted by molar-refractivity contribution is 9.10. The largest absolute Gasteiger partial charge is 0.480 e. The number of hydrogen-bond donors (Lipinski definition) is 2. The van der Waals surface area contributed by atoms with Crippen molar-refractivity contribution in [2.45, 2.75) is 44.9 Å². The van der Waals surface area contributed by atoms with E-state index in [1.165, 1.54) is 0 Å². The average molecular weight is 341 g/mol. The Morgan fingerprint density at radius 3 is 2.95 bits per heavy atom. The molecule has 0 saturated carbocycles. The molecule has 5 heteroatoms. The van der Waals surface area contributed by atoms with Gasteiger partial charge in [0.25, 0.3) is 5.91 Å². The molecule has 0 bridgehead atoms. The molecular formula is C15H21BrN2O2. The van der Waals surface area contributed by atoms with E-state index in [4.69, 9.17) is 4.74 Å². The van der Waals surface area contributed by atoms with Crippen LogP contribution in [0.15, 0.2) is 28.7 Å². The van der Waals surface area contributed by atoms with E-state index in [0.29, 0.717) is 11.8 Å². The molecule has 20 heavy (non-hydrogen) atoms. The maximum atomic E-state index is 12.2. The first kappa shape index (κ1) is 15.3. The van der Waals surface area contributed by atoms with Gasteiger partial charge in [-0.1, -0.05) is 12.1 Å². The Kier molecular flexibility index (Phi) is 5.43. The SMILES string of the molecule is CC(Oc1ccccc1Br)C(=O)NC1CCCNC1C. The summed E-state index contributed by atoms with van der Waals surface area (Å²) in [6.45, 7) is 4.90. The molecule has 4 nitrogen and oxygen atoms in total. The van der Waals surface area contributed by atoms with Crippen LogP contribution in [0.1, 0.15) is 26.7 Å². The fourth-order valence-corrected chi connectivity index (χ4v) is 2.70. The summed E-state index contributed by atoms with van der Waals surface area (Å²) < 4.78 is 6.56. The van der Waals surface area contributed by atoms with Crippen LogP contribution in [0, 0.1) is 0 Å². The summed E-state index contributed by atoms with van der Waals surface area (Å²) in [7, 11) is 0. The number of piperidine rings is 1. The number of carbonyl (C=O) groups is 1. The third-order valence-electron chi connectivity index (χ3n) is 3.60. The highest BCUT2D eigenvalue weighted by Crippen LogP contribution is 2.24. The molecule has 2 rings (SSSR count). The van der Waals surface area contributed by atoms with Gasteiger partial charge in [0.2, 0.25) is 0 Å². The van der Waals surface area contributed by atoms with Crippen LogP contribution in [0.4, 0.5) is 0 Å². The second kappa shape index (κ2) is 7.09. The molecule has 1 saturated heterocycles. The van der Waals surface area contributed by atoms with Gasteiger partial charge in [-0.2, -0.15) is 0 Å². The van der Waals surface area contributed by atoms with E-state index in [2.05, 4.69) is 33.5 Å². The van der Waals surface area contributed by atoms with Crippen molar-refractivity contribution in [1.82, 2.24) is 10.6 Å². The Labute approximate surface area is 128 Å². The quantitative estimate of drug-likeness (QED) is 0.885. The van der Waals surface area contributed by atoms with Gasteiger partial charge in [0.05, 0.1) is 4.47 Å². The summed E-state index contributed by atoms with van der Waals surface area (Å²) >= 11 is 3.42. The third-order valence-corrected chi connectivity index (χ3v) is 4.25. The molecule has 1 aliphatic rings. The molecule has 3 unspecified atom stereocenters. The fraction of sp³-hybridized carbons (Fsp3) is 0.533. The Bertz CT molecular complexity index is 467. The summed E-state index contributed by atoms with van der Waals surface area (Å²) in [6.07, 6.45) is 1.60. The van der Waals surface area contributed by atoms with E-state index in [1.54, 1.807) is 6.92 Å². The highest BCUT2D eigenvalue weighted by atomic mass is 79.9. The zero-order valence-corrected chi connectivity index (χ0v) is 13.4. The van der Waals surface area contributed by atoms with Gasteiger partial charge in [-0.05, 0) is 61.3 Å². The maximum absolute atomic E-state index is 12.2. The van der Waals surface area contributed by atoms with Crippen molar-refractivity contribution in [2.24, 2.45) is 0 Å². The minimum absolute atomic E-state index is 0.0682. The number of carbonyl (C=O) groups excluding carboxylic acids is 1. The van der Waals surface area contributed by atoms with Crippen molar-refractivity contribution in [1.29, 1.82) is 0 Å². The van der Waals surface area contributed by atoms with E-state index in [0.717, 1.165) is 23.9 Å². The molecule has 1 fully saturated rings. The lowest BCUT2D eigenvalue weighted by Gasteiger charge is -2.31. The molecule has 110 valence electrons. The zero-order valence-electron chi connectivity index (χ0n) is 11.9. The Balaban J connectivity index is 1.90. The monoisotopic (exact) mass is 340 g/mol. The zero-order chi connectivity index (χ0) is 14.5.